The van der Waals surface area contributed by atoms with Crippen LogP contribution in [-0.2, 0) is 4.74 Å². The number of nitrogens with one attached hydrogen (secondary N) is 1. The Bertz CT molecular complexity index is 140. The quantitative estimate of drug-likeness (QED) is 0.713. The SMILES string of the molecule is CCNC(CC(C)COC)C(C)(C)C. The van der Waals surface area contributed by atoms with Gasteiger partial charge in [-0.15, -0.1) is 0 Å². The topological polar surface area (TPSA) is 21.3 Å². The third-order valence-corrected chi connectivity index (χ3v) is 2.59. The Morgan fingerprint density at radius 2 is 1.86 bits per heavy atom. The van der Waals surface area contributed by atoms with Crippen LogP contribution >= 0.6 is 0 Å². The summed E-state index contributed by atoms with van der Waals surface area (Å²) in [7, 11) is 1.77. The van der Waals surface area contributed by atoms with Crippen LogP contribution in [0.2, 0.25) is 0 Å². The van der Waals surface area contributed by atoms with Gasteiger partial charge in [0.25, 0.3) is 0 Å². The molecule has 0 aliphatic carbocycles. The first kappa shape index (κ1) is 13.9. The monoisotopic (exact) mass is 201 g/mol. The van der Waals surface area contributed by atoms with Crippen LogP contribution < -0.4 is 5.32 Å². The van der Waals surface area contributed by atoms with E-state index < -0.39 is 0 Å². The van der Waals surface area contributed by atoms with Crippen LogP contribution in [0.1, 0.15) is 41.0 Å². The number of ether oxygens (including phenoxy) is 1. The summed E-state index contributed by atoms with van der Waals surface area (Å²) in [5, 5.41) is 3.56. The minimum absolute atomic E-state index is 0.331. The molecule has 0 amide bonds. The second-order valence-corrected chi connectivity index (χ2v) is 5.27. The maximum Gasteiger partial charge on any atom is 0.0488 e. The van der Waals surface area contributed by atoms with Gasteiger partial charge in [-0.05, 0) is 24.3 Å². The van der Waals surface area contributed by atoms with Crippen LogP contribution in [-0.4, -0.2) is 26.3 Å². The fourth-order valence-electron chi connectivity index (χ4n) is 1.74. The van der Waals surface area contributed by atoms with Crippen molar-refractivity contribution in [2.24, 2.45) is 11.3 Å². The summed E-state index contributed by atoms with van der Waals surface area (Å²) < 4.78 is 5.17. The molecule has 0 spiro atoms. The maximum absolute atomic E-state index is 5.17. The summed E-state index contributed by atoms with van der Waals surface area (Å²) in [5.41, 5.74) is 0.331. The van der Waals surface area contributed by atoms with Gasteiger partial charge < -0.3 is 10.1 Å². The molecule has 2 unspecified atom stereocenters. The third-order valence-electron chi connectivity index (χ3n) is 2.59. The number of hydrogen-bond acceptors (Lipinski definition) is 2. The van der Waals surface area contributed by atoms with E-state index in [4.69, 9.17) is 4.74 Å². The molecule has 0 aromatic rings. The Morgan fingerprint density at radius 1 is 1.29 bits per heavy atom. The first-order valence-corrected chi connectivity index (χ1v) is 5.64. The van der Waals surface area contributed by atoms with Gasteiger partial charge in [-0.1, -0.05) is 34.6 Å². The molecule has 0 heterocycles. The Hall–Kier alpha value is -0.0800. The molecular formula is C12H27NO. The minimum Gasteiger partial charge on any atom is -0.384 e. The van der Waals surface area contributed by atoms with Crippen molar-refractivity contribution < 1.29 is 4.74 Å². The molecule has 2 nitrogen and oxygen atoms in total. The average molecular weight is 201 g/mol. The second kappa shape index (κ2) is 6.41. The molecule has 0 saturated heterocycles. The highest BCUT2D eigenvalue weighted by atomic mass is 16.5. The van der Waals surface area contributed by atoms with Crippen LogP contribution in [0.5, 0.6) is 0 Å². The van der Waals surface area contributed by atoms with E-state index in [1.165, 1.54) is 6.42 Å². The van der Waals surface area contributed by atoms with E-state index in [2.05, 4.69) is 39.9 Å². The largest absolute Gasteiger partial charge is 0.384 e. The predicted octanol–water partition coefficient (Wildman–Crippen LogP) is 2.68. The molecule has 0 radical (unpaired) electrons. The summed E-state index contributed by atoms with van der Waals surface area (Å²) >= 11 is 0. The van der Waals surface area contributed by atoms with Crippen molar-refractivity contribution in [1.29, 1.82) is 0 Å². The van der Waals surface area contributed by atoms with Gasteiger partial charge in [0.15, 0.2) is 0 Å². The Kier molecular flexibility index (Phi) is 6.38. The first-order chi connectivity index (χ1) is 6.41. The predicted molar refractivity (Wildman–Crippen MR) is 62.6 cm³/mol. The molecule has 0 aliphatic heterocycles. The van der Waals surface area contributed by atoms with E-state index in [0.717, 1.165) is 13.2 Å². The van der Waals surface area contributed by atoms with Crippen LogP contribution in [0.25, 0.3) is 0 Å². The lowest BCUT2D eigenvalue weighted by molar-refractivity contribution is 0.133. The van der Waals surface area contributed by atoms with E-state index >= 15 is 0 Å². The number of rotatable bonds is 6. The molecule has 0 bridgehead atoms. The van der Waals surface area contributed by atoms with Crippen LogP contribution in [0.3, 0.4) is 0 Å². The zero-order chi connectivity index (χ0) is 11.2. The molecule has 14 heavy (non-hydrogen) atoms. The second-order valence-electron chi connectivity index (χ2n) is 5.27. The fraction of sp³-hybridized carbons (Fsp3) is 1.00. The van der Waals surface area contributed by atoms with Crippen molar-refractivity contribution in [3.05, 3.63) is 0 Å². The van der Waals surface area contributed by atoms with Crippen molar-refractivity contribution in [2.75, 3.05) is 20.3 Å². The summed E-state index contributed by atoms with van der Waals surface area (Å²) in [6.07, 6.45) is 1.19. The highest BCUT2D eigenvalue weighted by molar-refractivity contribution is 4.81. The third kappa shape index (κ3) is 5.61. The van der Waals surface area contributed by atoms with Crippen molar-refractivity contribution >= 4 is 0 Å². The molecule has 0 saturated carbocycles. The lowest BCUT2D eigenvalue weighted by Crippen LogP contribution is -2.41. The van der Waals surface area contributed by atoms with Crippen molar-refractivity contribution in [2.45, 2.75) is 47.1 Å². The Balaban J connectivity index is 4.09. The minimum atomic E-state index is 0.331. The summed E-state index contributed by atoms with van der Waals surface area (Å²) in [6, 6.07) is 0.581. The van der Waals surface area contributed by atoms with Crippen LogP contribution in [0.4, 0.5) is 0 Å². The molecule has 86 valence electrons. The normalized spacial score (nSPS) is 16.7. The van der Waals surface area contributed by atoms with E-state index in [-0.39, 0.29) is 0 Å². The van der Waals surface area contributed by atoms with E-state index in [1.54, 1.807) is 7.11 Å². The maximum atomic E-state index is 5.17. The Labute approximate surface area is 89.4 Å². The van der Waals surface area contributed by atoms with Gasteiger partial charge in [0.05, 0.1) is 0 Å². The average Bonchev–Trinajstić information content (AvgIpc) is 2.02. The molecule has 0 rings (SSSR count). The molecule has 0 fully saturated rings. The van der Waals surface area contributed by atoms with Crippen molar-refractivity contribution in [3.63, 3.8) is 0 Å². The zero-order valence-corrected chi connectivity index (χ0v) is 10.7. The van der Waals surface area contributed by atoms with Crippen LogP contribution in [0, 0.1) is 11.3 Å². The summed E-state index contributed by atoms with van der Waals surface area (Å²) in [4.78, 5) is 0. The molecule has 1 N–H and O–H groups in total. The highest BCUT2D eigenvalue weighted by Gasteiger charge is 2.25. The van der Waals surface area contributed by atoms with E-state index in [0.29, 0.717) is 17.4 Å². The van der Waals surface area contributed by atoms with E-state index in [9.17, 15) is 0 Å². The first-order valence-electron chi connectivity index (χ1n) is 5.64. The Morgan fingerprint density at radius 3 is 2.21 bits per heavy atom. The smallest absolute Gasteiger partial charge is 0.0488 e. The molecule has 2 atom stereocenters. The van der Waals surface area contributed by atoms with Gasteiger partial charge in [0, 0.05) is 19.8 Å². The highest BCUT2D eigenvalue weighted by Crippen LogP contribution is 2.24. The standard InChI is InChI=1S/C12H27NO/c1-7-13-11(12(3,4)5)8-10(2)9-14-6/h10-11,13H,7-9H2,1-6H3. The van der Waals surface area contributed by atoms with Crippen molar-refractivity contribution in [3.8, 4) is 0 Å². The molecule has 0 aromatic heterocycles. The van der Waals surface area contributed by atoms with Gasteiger partial charge in [-0.3, -0.25) is 0 Å². The zero-order valence-electron chi connectivity index (χ0n) is 10.7. The van der Waals surface area contributed by atoms with Crippen molar-refractivity contribution in [1.82, 2.24) is 5.32 Å². The number of methoxy groups -OCH3 is 1. The number of hydrogen-bond donors (Lipinski definition) is 1. The summed E-state index contributed by atoms with van der Waals surface area (Å²) in [5.74, 6) is 0.628. The summed E-state index contributed by atoms with van der Waals surface area (Å²) in [6.45, 7) is 13.2. The lowest BCUT2D eigenvalue weighted by atomic mass is 9.82. The molecule has 2 heteroatoms. The molecule has 0 aliphatic rings. The van der Waals surface area contributed by atoms with E-state index in [1.807, 2.05) is 0 Å². The van der Waals surface area contributed by atoms with Gasteiger partial charge in [-0.2, -0.15) is 0 Å². The molecular weight excluding hydrogens is 174 g/mol. The lowest BCUT2D eigenvalue weighted by Gasteiger charge is -2.33. The van der Waals surface area contributed by atoms with Gasteiger partial charge in [0.1, 0.15) is 0 Å². The van der Waals surface area contributed by atoms with Crippen LogP contribution in [0.15, 0.2) is 0 Å². The fourth-order valence-corrected chi connectivity index (χ4v) is 1.74. The van der Waals surface area contributed by atoms with Gasteiger partial charge in [-0.25, -0.2) is 0 Å². The van der Waals surface area contributed by atoms with Gasteiger partial charge in [0.2, 0.25) is 0 Å². The molecule has 0 aromatic carbocycles. The van der Waals surface area contributed by atoms with Gasteiger partial charge >= 0.3 is 0 Å².